The fraction of sp³-hybridized carbons (Fsp3) is 0.267. The van der Waals surface area contributed by atoms with Gasteiger partial charge in [-0.05, 0) is 23.3 Å². The molecule has 0 fully saturated rings. The fourth-order valence-electron chi connectivity index (χ4n) is 4.99. The van der Waals surface area contributed by atoms with Crippen molar-refractivity contribution in [3.63, 3.8) is 0 Å². The van der Waals surface area contributed by atoms with Gasteiger partial charge in [-0.1, -0.05) is 36.4 Å². The maximum absolute atomic E-state index is 13.6. The number of aromatic amines is 2. The number of carboxylic acid groups (broad SMARTS) is 1. The summed E-state index contributed by atoms with van der Waals surface area (Å²) in [6.45, 7) is 0. The molecule has 45 heavy (non-hydrogen) atoms. The van der Waals surface area contributed by atoms with Gasteiger partial charge < -0.3 is 48.2 Å². The van der Waals surface area contributed by atoms with Crippen LogP contribution >= 0.6 is 0 Å². The zero-order valence-electron chi connectivity index (χ0n) is 24.0. The topological polar surface area (TPSA) is 268 Å². The Balaban J connectivity index is 1.55. The molecule has 5 amide bonds. The Bertz CT molecular complexity index is 1750. The number of para-hydroxylation sites is 2. The highest BCUT2D eigenvalue weighted by atomic mass is 16.4. The summed E-state index contributed by atoms with van der Waals surface area (Å²) in [5, 5.41) is 18.7. The number of aliphatic carboxylic acids is 1. The van der Waals surface area contributed by atoms with Crippen LogP contribution in [0.15, 0.2) is 60.9 Å². The zero-order valence-corrected chi connectivity index (χ0v) is 24.0. The standard InChI is InChI=1S/C30H34N8O7/c31-19(11-25(32)39)27(41)36-22(9-15-13-34-20-7-3-1-5-17(15)20)28(42)37-23(12-26(33)40)29(43)38-24(30(44)45)10-16-14-35-21-8-4-2-6-18(16)21/h1-8,13-14,19,22-24,34-35H,9-12,31H2,(H2,32,39)(H2,33,40)(H,36,41)(H,37,42)(H,38,43)(H,44,45). The number of aromatic nitrogens is 2. The molecule has 0 radical (unpaired) electrons. The summed E-state index contributed by atoms with van der Waals surface area (Å²) in [5.74, 6) is -5.82. The van der Waals surface area contributed by atoms with Crippen LogP contribution in [0.1, 0.15) is 24.0 Å². The van der Waals surface area contributed by atoms with Crippen molar-refractivity contribution in [1.29, 1.82) is 0 Å². The lowest BCUT2D eigenvalue weighted by molar-refractivity contribution is -0.142. The van der Waals surface area contributed by atoms with E-state index in [1.807, 2.05) is 24.3 Å². The van der Waals surface area contributed by atoms with Crippen molar-refractivity contribution in [1.82, 2.24) is 25.9 Å². The number of H-pyrrole nitrogens is 2. The van der Waals surface area contributed by atoms with Crippen molar-refractivity contribution >= 4 is 57.3 Å². The van der Waals surface area contributed by atoms with E-state index in [4.69, 9.17) is 17.2 Å². The van der Waals surface area contributed by atoms with Crippen molar-refractivity contribution in [3.05, 3.63) is 72.1 Å². The van der Waals surface area contributed by atoms with Crippen molar-refractivity contribution in [2.45, 2.75) is 49.9 Å². The summed E-state index contributed by atoms with van der Waals surface area (Å²) >= 11 is 0. The Morgan fingerprint density at radius 2 is 1.09 bits per heavy atom. The molecule has 15 nitrogen and oxygen atoms in total. The van der Waals surface area contributed by atoms with Gasteiger partial charge >= 0.3 is 5.97 Å². The second kappa shape index (κ2) is 14.2. The van der Waals surface area contributed by atoms with Gasteiger partial charge in [0, 0.05) is 47.0 Å². The Morgan fingerprint density at radius 1 is 0.644 bits per heavy atom. The highest BCUT2D eigenvalue weighted by Crippen LogP contribution is 2.20. The van der Waals surface area contributed by atoms with E-state index in [2.05, 4.69) is 25.9 Å². The van der Waals surface area contributed by atoms with Gasteiger partial charge in [-0.15, -0.1) is 0 Å². The first-order valence-electron chi connectivity index (χ1n) is 14.0. The summed E-state index contributed by atoms with van der Waals surface area (Å²) in [5.41, 5.74) is 19.1. The third-order valence-corrected chi connectivity index (χ3v) is 7.24. The molecule has 0 bridgehead atoms. The quantitative estimate of drug-likeness (QED) is 0.0799. The lowest BCUT2D eigenvalue weighted by Crippen LogP contribution is -2.58. The van der Waals surface area contributed by atoms with Crippen LogP contribution in [-0.2, 0) is 41.6 Å². The van der Waals surface area contributed by atoms with Crippen LogP contribution in [0.4, 0.5) is 0 Å². The Hall–Kier alpha value is -5.70. The monoisotopic (exact) mass is 618 g/mol. The first kappa shape index (κ1) is 32.2. The number of hydrogen-bond acceptors (Lipinski definition) is 7. The lowest BCUT2D eigenvalue weighted by atomic mass is 10.0. The van der Waals surface area contributed by atoms with E-state index in [0.717, 1.165) is 21.8 Å². The predicted molar refractivity (Wildman–Crippen MR) is 163 cm³/mol. The second-order valence-corrected chi connectivity index (χ2v) is 10.6. The van der Waals surface area contributed by atoms with Gasteiger partial charge in [-0.3, -0.25) is 24.0 Å². The summed E-state index contributed by atoms with van der Waals surface area (Å²) < 4.78 is 0. The molecule has 4 atom stereocenters. The van der Waals surface area contributed by atoms with E-state index in [1.54, 1.807) is 36.7 Å². The number of primary amides is 2. The SMILES string of the molecule is NC(=O)CC(N)C(=O)NC(Cc1c[nH]c2ccccc12)C(=O)NC(CC(N)=O)C(=O)NC(Cc1c[nH]c2ccccc12)C(=O)O. The average molecular weight is 619 g/mol. The van der Waals surface area contributed by atoms with Gasteiger partial charge in [-0.25, -0.2) is 4.79 Å². The first-order valence-corrected chi connectivity index (χ1v) is 14.0. The molecule has 15 heteroatoms. The molecule has 0 aliphatic rings. The van der Waals surface area contributed by atoms with Gasteiger partial charge in [0.25, 0.3) is 0 Å². The molecule has 4 aromatic rings. The number of nitrogens with one attached hydrogen (secondary N) is 5. The summed E-state index contributed by atoms with van der Waals surface area (Å²) in [6.07, 6.45) is 1.97. The Labute approximate surface area is 256 Å². The third-order valence-electron chi connectivity index (χ3n) is 7.24. The van der Waals surface area contributed by atoms with Gasteiger partial charge in [0.1, 0.15) is 18.1 Å². The van der Waals surface area contributed by atoms with Gasteiger partial charge in [0.2, 0.25) is 29.5 Å². The Kier molecular flexibility index (Phi) is 10.2. The molecule has 0 saturated heterocycles. The number of carboxylic acids is 1. The molecule has 2 aromatic heterocycles. The molecular weight excluding hydrogens is 584 g/mol. The molecule has 2 aromatic carbocycles. The van der Waals surface area contributed by atoms with Crippen LogP contribution in [0.3, 0.4) is 0 Å². The van der Waals surface area contributed by atoms with Gasteiger partial charge in [-0.2, -0.15) is 0 Å². The summed E-state index contributed by atoms with van der Waals surface area (Å²) in [7, 11) is 0. The maximum atomic E-state index is 13.6. The van der Waals surface area contributed by atoms with E-state index < -0.39 is 72.5 Å². The molecule has 0 aliphatic carbocycles. The lowest BCUT2D eigenvalue weighted by Gasteiger charge is -2.24. The minimum atomic E-state index is -1.58. The average Bonchev–Trinajstić information content (AvgIpc) is 3.59. The first-order chi connectivity index (χ1) is 21.4. The second-order valence-electron chi connectivity index (χ2n) is 10.6. The molecule has 0 aliphatic heterocycles. The maximum Gasteiger partial charge on any atom is 0.326 e. The van der Waals surface area contributed by atoms with Crippen LogP contribution in [0.5, 0.6) is 0 Å². The van der Waals surface area contributed by atoms with Crippen molar-refractivity contribution < 1.29 is 33.9 Å². The molecular formula is C30H34N8O7. The molecule has 12 N–H and O–H groups in total. The number of nitrogens with two attached hydrogens (primary N) is 3. The van der Waals surface area contributed by atoms with Crippen molar-refractivity contribution in [2.75, 3.05) is 0 Å². The predicted octanol–water partition coefficient (Wildman–Crippen LogP) is -0.948. The van der Waals surface area contributed by atoms with E-state index >= 15 is 0 Å². The fourth-order valence-corrected chi connectivity index (χ4v) is 4.99. The molecule has 2 heterocycles. The molecule has 4 rings (SSSR count). The van der Waals surface area contributed by atoms with Crippen LogP contribution < -0.4 is 33.2 Å². The number of carbonyl (C=O) groups is 6. The molecule has 236 valence electrons. The number of carbonyl (C=O) groups excluding carboxylic acids is 5. The summed E-state index contributed by atoms with van der Waals surface area (Å²) in [4.78, 5) is 81.1. The number of rotatable bonds is 15. The highest BCUT2D eigenvalue weighted by Gasteiger charge is 2.32. The van der Waals surface area contributed by atoms with E-state index in [9.17, 15) is 33.9 Å². The minimum Gasteiger partial charge on any atom is -0.480 e. The largest absolute Gasteiger partial charge is 0.480 e. The number of hydrogen-bond donors (Lipinski definition) is 9. The van der Waals surface area contributed by atoms with E-state index in [-0.39, 0.29) is 12.8 Å². The van der Waals surface area contributed by atoms with Crippen LogP contribution in [0.25, 0.3) is 21.8 Å². The Morgan fingerprint density at radius 3 is 1.60 bits per heavy atom. The van der Waals surface area contributed by atoms with Crippen LogP contribution in [0, 0.1) is 0 Å². The zero-order chi connectivity index (χ0) is 32.7. The minimum absolute atomic E-state index is 0.0753. The highest BCUT2D eigenvalue weighted by molar-refractivity contribution is 5.97. The van der Waals surface area contributed by atoms with Crippen LogP contribution in [-0.4, -0.2) is 74.7 Å². The van der Waals surface area contributed by atoms with Gasteiger partial charge in [0.15, 0.2) is 0 Å². The molecule has 0 spiro atoms. The molecule has 0 saturated carbocycles. The van der Waals surface area contributed by atoms with Crippen molar-refractivity contribution in [2.24, 2.45) is 17.2 Å². The number of benzene rings is 2. The number of fused-ring (bicyclic) bond motifs is 2. The van der Waals surface area contributed by atoms with E-state index in [0.29, 0.717) is 11.1 Å². The number of amides is 5. The van der Waals surface area contributed by atoms with Crippen molar-refractivity contribution in [3.8, 4) is 0 Å². The third kappa shape index (κ3) is 8.23. The van der Waals surface area contributed by atoms with Gasteiger partial charge in [0.05, 0.1) is 18.9 Å². The smallest absolute Gasteiger partial charge is 0.326 e. The summed E-state index contributed by atoms with van der Waals surface area (Å²) in [6, 6.07) is 8.76. The normalized spacial score (nSPS) is 13.8. The van der Waals surface area contributed by atoms with E-state index in [1.165, 1.54) is 0 Å². The molecule has 4 unspecified atom stereocenters. The van der Waals surface area contributed by atoms with Crippen LogP contribution in [0.2, 0.25) is 0 Å².